The summed E-state index contributed by atoms with van der Waals surface area (Å²) in [4.78, 5) is 16.8. The number of aromatic amines is 1. The number of carboxylic acids is 1. The molecule has 0 aliphatic heterocycles. The lowest BCUT2D eigenvalue weighted by Crippen LogP contribution is -2.24. The van der Waals surface area contributed by atoms with Crippen molar-refractivity contribution in [1.29, 1.82) is 0 Å². The zero-order chi connectivity index (χ0) is 24.3. The Hall–Kier alpha value is -3.85. The number of carboxylic acid groups (broad SMARTS) is 1. The van der Waals surface area contributed by atoms with Crippen LogP contribution in [0.1, 0.15) is 61.2 Å². The number of H-pyrrole nitrogens is 1. The first kappa shape index (κ1) is 23.3. The van der Waals surface area contributed by atoms with Gasteiger partial charge in [0.1, 0.15) is 17.1 Å². The van der Waals surface area contributed by atoms with Crippen LogP contribution in [0.3, 0.4) is 0 Å². The summed E-state index contributed by atoms with van der Waals surface area (Å²) in [6.07, 6.45) is 1.80. The molecule has 34 heavy (non-hydrogen) atoms. The van der Waals surface area contributed by atoms with E-state index in [0.717, 1.165) is 28.7 Å². The van der Waals surface area contributed by atoms with Crippen molar-refractivity contribution in [2.75, 3.05) is 0 Å². The summed E-state index contributed by atoms with van der Waals surface area (Å²) in [6.45, 7) is 5.79. The van der Waals surface area contributed by atoms with Crippen LogP contribution in [-0.4, -0.2) is 46.4 Å². The molecule has 2 aromatic carbocycles. The van der Waals surface area contributed by atoms with E-state index in [9.17, 15) is 15.0 Å². The van der Waals surface area contributed by atoms with E-state index in [1.54, 1.807) is 11.5 Å². The van der Waals surface area contributed by atoms with E-state index in [0.29, 0.717) is 31.0 Å². The van der Waals surface area contributed by atoms with E-state index in [2.05, 4.69) is 25.6 Å². The SMILES string of the molecule is CCCc1nc(C(C)(O)CC)c(C(=O)O)n1Cc1ccc(-c2ccccc2-c2nnn[nH]2)cc1. The van der Waals surface area contributed by atoms with Crippen LogP contribution in [0, 0.1) is 0 Å². The minimum Gasteiger partial charge on any atom is -0.477 e. The maximum absolute atomic E-state index is 12.2. The Bertz CT molecular complexity index is 1280. The van der Waals surface area contributed by atoms with Gasteiger partial charge in [-0.2, -0.15) is 0 Å². The van der Waals surface area contributed by atoms with Crippen molar-refractivity contribution in [3.63, 3.8) is 0 Å². The van der Waals surface area contributed by atoms with Gasteiger partial charge in [-0.25, -0.2) is 14.9 Å². The molecule has 1 atom stereocenters. The molecule has 3 N–H and O–H groups in total. The second-order valence-electron chi connectivity index (χ2n) is 8.49. The van der Waals surface area contributed by atoms with E-state index >= 15 is 0 Å². The predicted octanol–water partition coefficient (Wildman–Crippen LogP) is 4.05. The number of tetrazole rings is 1. The molecule has 1 unspecified atom stereocenters. The van der Waals surface area contributed by atoms with Crippen molar-refractivity contribution in [3.05, 3.63) is 71.3 Å². The van der Waals surface area contributed by atoms with Gasteiger partial charge in [-0.15, -0.1) is 5.10 Å². The Kier molecular flexibility index (Phi) is 6.56. The van der Waals surface area contributed by atoms with Crippen molar-refractivity contribution in [2.24, 2.45) is 0 Å². The summed E-state index contributed by atoms with van der Waals surface area (Å²) >= 11 is 0. The summed E-state index contributed by atoms with van der Waals surface area (Å²) in [5.74, 6) is 0.157. The van der Waals surface area contributed by atoms with E-state index < -0.39 is 11.6 Å². The van der Waals surface area contributed by atoms with Gasteiger partial charge in [-0.05, 0) is 46.9 Å². The molecule has 0 fully saturated rings. The Morgan fingerprint density at radius 3 is 2.38 bits per heavy atom. The maximum Gasteiger partial charge on any atom is 0.354 e. The zero-order valence-corrected chi connectivity index (χ0v) is 19.5. The highest BCUT2D eigenvalue weighted by Crippen LogP contribution is 2.31. The molecular weight excluding hydrogens is 432 g/mol. The first-order valence-electron chi connectivity index (χ1n) is 11.3. The Balaban J connectivity index is 1.71. The highest BCUT2D eigenvalue weighted by molar-refractivity contribution is 5.87. The molecule has 0 saturated carbocycles. The largest absolute Gasteiger partial charge is 0.477 e. The first-order chi connectivity index (χ1) is 16.4. The fourth-order valence-corrected chi connectivity index (χ4v) is 4.03. The van der Waals surface area contributed by atoms with Crippen LogP contribution in [0.15, 0.2) is 48.5 Å². The molecule has 4 rings (SSSR count). The van der Waals surface area contributed by atoms with Crippen LogP contribution in [0.5, 0.6) is 0 Å². The molecule has 0 amide bonds. The number of carbonyl (C=O) groups is 1. The van der Waals surface area contributed by atoms with Gasteiger partial charge in [-0.1, -0.05) is 62.4 Å². The van der Waals surface area contributed by atoms with Crippen molar-refractivity contribution in [2.45, 2.75) is 52.2 Å². The van der Waals surface area contributed by atoms with Gasteiger partial charge in [0, 0.05) is 18.5 Å². The number of hydrogen-bond acceptors (Lipinski definition) is 6. The van der Waals surface area contributed by atoms with Crippen LogP contribution in [0.4, 0.5) is 0 Å². The van der Waals surface area contributed by atoms with Crippen molar-refractivity contribution < 1.29 is 15.0 Å². The lowest BCUT2D eigenvalue weighted by molar-refractivity contribution is 0.0441. The minimum atomic E-state index is -1.31. The number of hydrogen-bond donors (Lipinski definition) is 3. The normalized spacial score (nSPS) is 13.1. The van der Waals surface area contributed by atoms with Gasteiger partial charge in [0.25, 0.3) is 0 Å². The number of rotatable bonds is 9. The van der Waals surface area contributed by atoms with Crippen LogP contribution >= 0.6 is 0 Å². The summed E-state index contributed by atoms with van der Waals surface area (Å²) in [5.41, 5.74) is 2.74. The number of aliphatic hydroxyl groups is 1. The first-order valence-corrected chi connectivity index (χ1v) is 11.3. The summed E-state index contributed by atoms with van der Waals surface area (Å²) < 4.78 is 1.72. The summed E-state index contributed by atoms with van der Waals surface area (Å²) in [6, 6.07) is 15.8. The fourth-order valence-electron chi connectivity index (χ4n) is 4.03. The van der Waals surface area contributed by atoms with Crippen LogP contribution in [-0.2, 0) is 18.6 Å². The number of benzene rings is 2. The summed E-state index contributed by atoms with van der Waals surface area (Å²) in [5, 5.41) is 35.0. The van der Waals surface area contributed by atoms with Crippen molar-refractivity contribution >= 4 is 5.97 Å². The molecular formula is C25H28N6O3. The maximum atomic E-state index is 12.2. The Morgan fingerprint density at radius 1 is 1.09 bits per heavy atom. The van der Waals surface area contributed by atoms with Gasteiger partial charge in [0.2, 0.25) is 0 Å². The van der Waals surface area contributed by atoms with Crippen molar-refractivity contribution in [1.82, 2.24) is 30.2 Å². The molecule has 0 aliphatic carbocycles. The zero-order valence-electron chi connectivity index (χ0n) is 19.5. The number of aryl methyl sites for hydroxylation is 1. The third-order valence-electron chi connectivity index (χ3n) is 6.05. The molecule has 2 aromatic heterocycles. The van der Waals surface area contributed by atoms with E-state index in [-0.39, 0.29) is 11.4 Å². The molecule has 0 aliphatic rings. The molecule has 9 heteroatoms. The van der Waals surface area contributed by atoms with Gasteiger partial charge < -0.3 is 14.8 Å². The number of nitrogens with one attached hydrogen (secondary N) is 1. The lowest BCUT2D eigenvalue weighted by Gasteiger charge is -2.20. The van der Waals surface area contributed by atoms with Crippen LogP contribution < -0.4 is 0 Å². The molecule has 0 spiro atoms. The van der Waals surface area contributed by atoms with Gasteiger partial charge in [-0.3, -0.25) is 0 Å². The number of aromatic carboxylic acids is 1. The molecule has 0 radical (unpaired) electrons. The van der Waals surface area contributed by atoms with Gasteiger partial charge in [0.05, 0.1) is 0 Å². The number of imidazole rings is 1. The van der Waals surface area contributed by atoms with Crippen molar-refractivity contribution in [3.8, 4) is 22.5 Å². The second-order valence-corrected chi connectivity index (χ2v) is 8.49. The molecule has 0 bridgehead atoms. The van der Waals surface area contributed by atoms with Crippen LogP contribution in [0.2, 0.25) is 0 Å². The average molecular weight is 461 g/mol. The summed E-state index contributed by atoms with van der Waals surface area (Å²) in [7, 11) is 0. The van der Waals surface area contributed by atoms with E-state index in [4.69, 9.17) is 0 Å². The Labute approximate surface area is 197 Å². The Morgan fingerprint density at radius 2 is 1.79 bits per heavy atom. The molecule has 4 aromatic rings. The van der Waals surface area contributed by atoms with Gasteiger partial charge in [0.15, 0.2) is 11.5 Å². The van der Waals surface area contributed by atoms with E-state index in [1.165, 1.54) is 0 Å². The smallest absolute Gasteiger partial charge is 0.354 e. The number of aromatic nitrogens is 6. The van der Waals surface area contributed by atoms with Crippen LogP contribution in [0.25, 0.3) is 22.5 Å². The molecule has 176 valence electrons. The standard InChI is InChI=1S/C25H28N6O3/c1-4-8-20-26-22(25(3,34)5-2)21(24(32)33)31(20)15-16-11-13-17(14-12-16)18-9-6-7-10-19(18)23-27-29-30-28-23/h6-7,9-14,34H,4-5,8,15H2,1-3H3,(H,32,33)(H,27,28,29,30). The monoisotopic (exact) mass is 460 g/mol. The topological polar surface area (TPSA) is 130 Å². The third kappa shape index (κ3) is 4.47. The van der Waals surface area contributed by atoms with E-state index in [1.807, 2.05) is 62.4 Å². The predicted molar refractivity (Wildman–Crippen MR) is 127 cm³/mol. The highest BCUT2D eigenvalue weighted by atomic mass is 16.4. The molecule has 9 nitrogen and oxygen atoms in total. The quantitative estimate of drug-likeness (QED) is 0.343. The third-order valence-corrected chi connectivity index (χ3v) is 6.05. The molecule has 2 heterocycles. The highest BCUT2D eigenvalue weighted by Gasteiger charge is 2.33. The second kappa shape index (κ2) is 9.56. The fraction of sp³-hybridized carbons (Fsp3) is 0.320. The number of nitrogens with zero attached hydrogens (tertiary/aromatic N) is 5. The average Bonchev–Trinajstić information content (AvgIpc) is 3.49. The minimum absolute atomic E-state index is 0.0440. The molecule has 0 saturated heterocycles. The lowest BCUT2D eigenvalue weighted by atomic mass is 9.97. The van der Waals surface area contributed by atoms with Gasteiger partial charge >= 0.3 is 5.97 Å².